The number of hydrogen-bond donors (Lipinski definition) is 0. The van der Waals surface area contributed by atoms with Crippen LogP contribution in [0.4, 0.5) is 0 Å². The first-order valence-electron chi connectivity index (χ1n) is 9.49. The van der Waals surface area contributed by atoms with Gasteiger partial charge in [-0.15, -0.1) is 0 Å². The van der Waals surface area contributed by atoms with Crippen molar-refractivity contribution in [3.8, 4) is 0 Å². The van der Waals surface area contributed by atoms with Gasteiger partial charge >= 0.3 is 0 Å². The summed E-state index contributed by atoms with van der Waals surface area (Å²) in [7, 11) is 0. The molecule has 1 aromatic heterocycles. The van der Waals surface area contributed by atoms with Gasteiger partial charge in [0.2, 0.25) is 0 Å². The fourth-order valence-electron chi connectivity index (χ4n) is 3.70. The SMILES string of the molecule is CCC(I)c1ncn(C(c2ccccc2)(c2ccccc2)c2ccccc2)n1. The molecule has 4 rings (SSSR count). The maximum Gasteiger partial charge on any atom is 0.163 e. The van der Waals surface area contributed by atoms with Crippen molar-refractivity contribution in [2.45, 2.75) is 22.8 Å². The maximum absolute atomic E-state index is 4.98. The Morgan fingerprint density at radius 2 is 1.21 bits per heavy atom. The van der Waals surface area contributed by atoms with Crippen molar-refractivity contribution in [1.82, 2.24) is 14.8 Å². The summed E-state index contributed by atoms with van der Waals surface area (Å²) in [5.41, 5.74) is 2.89. The summed E-state index contributed by atoms with van der Waals surface area (Å²) in [5, 5.41) is 4.98. The van der Waals surface area contributed by atoms with E-state index in [1.807, 2.05) is 11.0 Å². The van der Waals surface area contributed by atoms with Crippen molar-refractivity contribution in [2.24, 2.45) is 0 Å². The molecule has 0 bridgehead atoms. The molecule has 1 atom stereocenters. The van der Waals surface area contributed by atoms with E-state index in [1.54, 1.807) is 0 Å². The number of aromatic nitrogens is 3. The molecule has 0 aliphatic heterocycles. The van der Waals surface area contributed by atoms with Crippen molar-refractivity contribution >= 4 is 22.6 Å². The molecule has 0 N–H and O–H groups in total. The lowest BCUT2D eigenvalue weighted by molar-refractivity contribution is 0.455. The van der Waals surface area contributed by atoms with E-state index in [0.717, 1.165) is 28.9 Å². The summed E-state index contributed by atoms with van der Waals surface area (Å²) in [6.07, 6.45) is 2.88. The molecule has 0 spiro atoms. The number of rotatable bonds is 6. The molecule has 3 nitrogen and oxygen atoms in total. The highest BCUT2D eigenvalue weighted by molar-refractivity contribution is 14.1. The summed E-state index contributed by atoms with van der Waals surface area (Å²) in [6, 6.07) is 31.7. The van der Waals surface area contributed by atoms with Crippen molar-refractivity contribution < 1.29 is 0 Å². The number of hydrogen-bond acceptors (Lipinski definition) is 2. The Kier molecular flexibility index (Phi) is 5.57. The fraction of sp³-hybridized carbons (Fsp3) is 0.167. The van der Waals surface area contributed by atoms with Gasteiger partial charge in [0.15, 0.2) is 5.82 Å². The Bertz CT molecular complexity index is 917. The van der Waals surface area contributed by atoms with Gasteiger partial charge in [0.05, 0.1) is 3.92 Å². The highest BCUT2D eigenvalue weighted by Gasteiger charge is 2.39. The third-order valence-corrected chi connectivity index (χ3v) is 6.50. The van der Waals surface area contributed by atoms with Gasteiger partial charge in [-0.1, -0.05) is 121 Å². The van der Waals surface area contributed by atoms with Gasteiger partial charge in [-0.2, -0.15) is 5.10 Å². The lowest BCUT2D eigenvalue weighted by Gasteiger charge is -2.35. The Hall–Kier alpha value is -2.47. The molecule has 1 unspecified atom stereocenters. The van der Waals surface area contributed by atoms with Crippen LogP contribution >= 0.6 is 22.6 Å². The molecular weight excluding hydrogens is 457 g/mol. The molecule has 0 aliphatic rings. The lowest BCUT2D eigenvalue weighted by Crippen LogP contribution is -2.38. The second-order valence-electron chi connectivity index (χ2n) is 6.73. The number of nitrogens with zero attached hydrogens (tertiary/aromatic N) is 3. The minimum Gasteiger partial charge on any atom is -0.233 e. The monoisotopic (exact) mass is 479 g/mol. The predicted molar refractivity (Wildman–Crippen MR) is 122 cm³/mol. The van der Waals surface area contributed by atoms with Crippen LogP contribution in [0.3, 0.4) is 0 Å². The topological polar surface area (TPSA) is 30.7 Å². The molecule has 4 aromatic rings. The molecule has 0 saturated heterocycles. The van der Waals surface area contributed by atoms with Gasteiger partial charge in [0.25, 0.3) is 0 Å². The summed E-state index contributed by atoms with van der Waals surface area (Å²) in [4.78, 5) is 4.67. The number of benzene rings is 3. The van der Waals surface area contributed by atoms with Gasteiger partial charge in [-0.3, -0.25) is 0 Å². The van der Waals surface area contributed by atoms with Crippen LogP contribution in [0.1, 0.15) is 39.8 Å². The first-order chi connectivity index (χ1) is 13.8. The molecule has 0 amide bonds. The molecule has 140 valence electrons. The molecule has 3 aromatic carbocycles. The van der Waals surface area contributed by atoms with Crippen molar-refractivity contribution in [2.75, 3.05) is 0 Å². The van der Waals surface area contributed by atoms with Gasteiger partial charge in [0, 0.05) is 0 Å². The van der Waals surface area contributed by atoms with Crippen molar-refractivity contribution in [3.63, 3.8) is 0 Å². The quantitative estimate of drug-likeness (QED) is 0.193. The smallest absolute Gasteiger partial charge is 0.163 e. The molecule has 4 heteroatoms. The molecule has 0 fully saturated rings. The first kappa shape index (κ1) is 18.9. The Morgan fingerprint density at radius 1 is 0.786 bits per heavy atom. The van der Waals surface area contributed by atoms with Gasteiger partial charge in [-0.25, -0.2) is 9.67 Å². The van der Waals surface area contributed by atoms with Crippen LogP contribution in [0, 0.1) is 0 Å². The maximum atomic E-state index is 4.98. The fourth-order valence-corrected chi connectivity index (χ4v) is 3.98. The van der Waals surface area contributed by atoms with E-state index in [2.05, 4.69) is 125 Å². The minimum atomic E-state index is -0.584. The third-order valence-electron chi connectivity index (χ3n) is 5.07. The zero-order valence-electron chi connectivity index (χ0n) is 15.7. The normalized spacial score (nSPS) is 12.6. The van der Waals surface area contributed by atoms with Crippen LogP contribution in [-0.2, 0) is 5.54 Å². The van der Waals surface area contributed by atoms with Crippen LogP contribution in [0.2, 0.25) is 0 Å². The summed E-state index contributed by atoms with van der Waals surface area (Å²) < 4.78 is 2.32. The predicted octanol–water partition coefficient (Wildman–Crippen LogP) is 6.00. The van der Waals surface area contributed by atoms with Crippen molar-refractivity contribution in [3.05, 3.63) is 120 Å². The van der Waals surface area contributed by atoms with E-state index < -0.39 is 5.54 Å². The van der Waals surface area contributed by atoms with E-state index in [1.165, 1.54) is 0 Å². The first-order valence-corrected chi connectivity index (χ1v) is 10.7. The summed E-state index contributed by atoms with van der Waals surface area (Å²) in [5.74, 6) is 0.871. The largest absolute Gasteiger partial charge is 0.233 e. The highest BCUT2D eigenvalue weighted by Crippen LogP contribution is 2.40. The second kappa shape index (κ2) is 8.27. The number of alkyl halides is 1. The molecule has 0 saturated carbocycles. The molecule has 1 heterocycles. The Morgan fingerprint density at radius 3 is 1.61 bits per heavy atom. The molecule has 28 heavy (non-hydrogen) atoms. The number of halogens is 1. The van der Waals surface area contributed by atoms with Gasteiger partial charge < -0.3 is 0 Å². The van der Waals surface area contributed by atoms with Crippen molar-refractivity contribution in [1.29, 1.82) is 0 Å². The van der Waals surface area contributed by atoms with Gasteiger partial charge in [-0.05, 0) is 23.1 Å². The van der Waals surface area contributed by atoms with Crippen LogP contribution in [-0.4, -0.2) is 14.8 Å². The summed E-state index contributed by atoms with van der Waals surface area (Å²) >= 11 is 2.42. The Labute approximate surface area is 179 Å². The zero-order valence-corrected chi connectivity index (χ0v) is 17.9. The van der Waals surface area contributed by atoms with Crippen LogP contribution in [0.15, 0.2) is 97.3 Å². The second-order valence-corrected chi connectivity index (χ2v) is 8.24. The lowest BCUT2D eigenvalue weighted by atomic mass is 9.77. The Balaban J connectivity index is 2.06. The van der Waals surface area contributed by atoms with E-state index in [4.69, 9.17) is 5.10 Å². The van der Waals surface area contributed by atoms with E-state index in [9.17, 15) is 0 Å². The highest BCUT2D eigenvalue weighted by atomic mass is 127. The minimum absolute atomic E-state index is 0.291. The zero-order chi connectivity index (χ0) is 19.4. The summed E-state index contributed by atoms with van der Waals surface area (Å²) in [6.45, 7) is 2.16. The van der Waals surface area contributed by atoms with Crippen LogP contribution < -0.4 is 0 Å². The molecular formula is C24H22IN3. The average Bonchev–Trinajstić information content (AvgIpc) is 3.26. The van der Waals surface area contributed by atoms with Gasteiger partial charge in [0.1, 0.15) is 11.9 Å². The molecule has 0 aliphatic carbocycles. The van der Waals surface area contributed by atoms with E-state index >= 15 is 0 Å². The van der Waals surface area contributed by atoms with E-state index in [-0.39, 0.29) is 0 Å². The van der Waals surface area contributed by atoms with Crippen LogP contribution in [0.5, 0.6) is 0 Å². The van der Waals surface area contributed by atoms with Crippen LogP contribution in [0.25, 0.3) is 0 Å². The molecule has 0 radical (unpaired) electrons. The van der Waals surface area contributed by atoms with E-state index in [0.29, 0.717) is 3.92 Å². The third kappa shape index (κ3) is 3.26. The average molecular weight is 479 g/mol. The standard InChI is InChI=1S/C24H22IN3/c1-2-22(25)23-26-18-28(27-23)24(19-12-6-3-7-13-19,20-14-8-4-9-15-20)21-16-10-5-11-17-21/h3-18,22H,2H2,1H3.